The number of carbonyl (C=O) groups excluding carboxylic acids is 2. The van der Waals surface area contributed by atoms with Gasteiger partial charge in [-0.1, -0.05) is 12.1 Å². The maximum absolute atomic E-state index is 12.8. The summed E-state index contributed by atoms with van der Waals surface area (Å²) in [5, 5.41) is 0. The highest BCUT2D eigenvalue weighted by Crippen LogP contribution is 2.39. The molecule has 2 aromatic carbocycles. The van der Waals surface area contributed by atoms with Crippen molar-refractivity contribution in [3.8, 4) is 5.75 Å². The van der Waals surface area contributed by atoms with Crippen LogP contribution in [0.2, 0.25) is 0 Å². The zero-order chi connectivity index (χ0) is 26.8. The average Bonchev–Trinajstić information content (AvgIpc) is 2.85. The largest absolute Gasteiger partial charge is 0.493 e. The molecule has 0 heterocycles. The van der Waals surface area contributed by atoms with E-state index in [0.29, 0.717) is 43.0 Å². The van der Waals surface area contributed by atoms with Crippen LogP contribution in [0.3, 0.4) is 0 Å². The second-order valence-electron chi connectivity index (χ2n) is 9.02. The van der Waals surface area contributed by atoms with E-state index in [2.05, 4.69) is 0 Å². The van der Waals surface area contributed by atoms with Crippen molar-refractivity contribution in [3.63, 3.8) is 0 Å². The number of rotatable bonds is 10. The van der Waals surface area contributed by atoms with Gasteiger partial charge in [-0.3, -0.25) is 0 Å². The lowest BCUT2D eigenvalue weighted by atomic mass is 9.82. The molecule has 0 unspecified atom stereocenters. The fraction of sp³-hybridized carbons (Fsp3) is 0.407. The van der Waals surface area contributed by atoms with Crippen LogP contribution in [0.1, 0.15) is 48.0 Å². The maximum Gasteiger partial charge on any atom is 0.391 e. The quantitative estimate of drug-likeness (QED) is 0.187. The van der Waals surface area contributed by atoms with Crippen LogP contribution in [-0.2, 0) is 14.3 Å². The SMILES string of the molecule is Nc1cc(N)cc(C(=O)OCCCOC(=O)C=Cc2ccc(OCC3CCC(C(F)(F)F)CC3)cc2)c1. The number of hydrogen-bond donors (Lipinski definition) is 2. The summed E-state index contributed by atoms with van der Waals surface area (Å²) >= 11 is 0. The smallest absolute Gasteiger partial charge is 0.391 e. The highest BCUT2D eigenvalue weighted by Gasteiger charge is 2.41. The minimum atomic E-state index is -4.11. The van der Waals surface area contributed by atoms with Crippen LogP contribution in [0.5, 0.6) is 5.75 Å². The van der Waals surface area contributed by atoms with Crippen molar-refractivity contribution in [2.24, 2.45) is 11.8 Å². The molecule has 0 atom stereocenters. The number of esters is 2. The first-order chi connectivity index (χ1) is 17.6. The third kappa shape index (κ3) is 9.36. The summed E-state index contributed by atoms with van der Waals surface area (Å²) in [6, 6.07) is 11.5. The third-order valence-electron chi connectivity index (χ3n) is 6.07. The first-order valence-electron chi connectivity index (χ1n) is 12.1. The summed E-state index contributed by atoms with van der Waals surface area (Å²) in [5.74, 6) is -1.56. The monoisotopic (exact) mass is 520 g/mol. The Balaban J connectivity index is 1.31. The Kier molecular flexibility index (Phi) is 9.82. The van der Waals surface area contributed by atoms with E-state index >= 15 is 0 Å². The Morgan fingerprint density at radius 1 is 0.919 bits per heavy atom. The summed E-state index contributed by atoms with van der Waals surface area (Å²) in [5.41, 5.74) is 13.0. The van der Waals surface area contributed by atoms with Gasteiger partial charge in [0.15, 0.2) is 0 Å². The molecule has 0 aliphatic heterocycles. The van der Waals surface area contributed by atoms with Gasteiger partial charge >= 0.3 is 18.1 Å². The lowest BCUT2D eigenvalue weighted by molar-refractivity contribution is -0.184. The number of ether oxygens (including phenoxy) is 3. The molecule has 7 nitrogen and oxygen atoms in total. The van der Waals surface area contributed by atoms with Crippen molar-refractivity contribution in [1.82, 2.24) is 0 Å². The van der Waals surface area contributed by atoms with E-state index < -0.39 is 24.0 Å². The van der Waals surface area contributed by atoms with Crippen LogP contribution >= 0.6 is 0 Å². The first kappa shape index (κ1) is 27.9. The lowest BCUT2D eigenvalue weighted by Crippen LogP contribution is -2.29. The number of halogens is 3. The Morgan fingerprint density at radius 2 is 1.54 bits per heavy atom. The topological polar surface area (TPSA) is 114 Å². The maximum atomic E-state index is 12.8. The summed E-state index contributed by atoms with van der Waals surface area (Å²) in [6.45, 7) is 0.526. The molecule has 0 radical (unpaired) electrons. The average molecular weight is 521 g/mol. The Hall–Kier alpha value is -3.69. The van der Waals surface area contributed by atoms with E-state index in [1.54, 1.807) is 30.3 Å². The van der Waals surface area contributed by atoms with Gasteiger partial charge in [-0.15, -0.1) is 0 Å². The molecule has 37 heavy (non-hydrogen) atoms. The van der Waals surface area contributed by atoms with E-state index in [0.717, 1.165) is 5.56 Å². The fourth-order valence-electron chi connectivity index (χ4n) is 4.03. The van der Waals surface area contributed by atoms with Gasteiger partial charge in [0.1, 0.15) is 5.75 Å². The molecular weight excluding hydrogens is 489 g/mol. The molecule has 3 rings (SSSR count). The second kappa shape index (κ2) is 13.0. The van der Waals surface area contributed by atoms with Gasteiger partial charge in [-0.05, 0) is 73.6 Å². The lowest BCUT2D eigenvalue weighted by Gasteiger charge is -2.29. The van der Waals surface area contributed by atoms with Crippen molar-refractivity contribution < 1.29 is 37.0 Å². The molecule has 200 valence electrons. The van der Waals surface area contributed by atoms with Gasteiger partial charge in [0.2, 0.25) is 0 Å². The molecule has 1 aliphatic carbocycles. The second-order valence-corrected chi connectivity index (χ2v) is 9.02. The molecule has 4 N–H and O–H groups in total. The zero-order valence-electron chi connectivity index (χ0n) is 20.3. The highest BCUT2D eigenvalue weighted by molar-refractivity contribution is 5.91. The number of alkyl halides is 3. The van der Waals surface area contributed by atoms with Crippen molar-refractivity contribution in [3.05, 3.63) is 59.7 Å². The molecular formula is C27H31F3N2O5. The molecule has 2 aromatic rings. The Bertz CT molecular complexity index is 1060. The third-order valence-corrected chi connectivity index (χ3v) is 6.07. The van der Waals surface area contributed by atoms with Gasteiger partial charge in [-0.2, -0.15) is 13.2 Å². The number of nitrogen functional groups attached to an aromatic ring is 2. The molecule has 0 aromatic heterocycles. The Morgan fingerprint density at radius 3 is 2.16 bits per heavy atom. The molecule has 1 saturated carbocycles. The predicted molar refractivity (Wildman–Crippen MR) is 134 cm³/mol. The van der Waals surface area contributed by atoms with Gasteiger partial charge in [0.25, 0.3) is 0 Å². The molecule has 10 heteroatoms. The van der Waals surface area contributed by atoms with E-state index in [1.165, 1.54) is 24.3 Å². The molecule has 0 amide bonds. The standard InChI is InChI=1S/C27H31F3N2O5/c28-27(29,30)21-7-2-19(3-8-21)17-37-24-9-4-18(5-10-24)6-11-25(33)35-12-1-13-36-26(34)20-14-22(31)16-23(32)15-20/h4-6,9-11,14-16,19,21H,1-3,7-8,12-13,17,31-32H2. The van der Waals surface area contributed by atoms with Crippen molar-refractivity contribution in [2.45, 2.75) is 38.3 Å². The van der Waals surface area contributed by atoms with Crippen molar-refractivity contribution in [2.75, 3.05) is 31.3 Å². The summed E-state index contributed by atoms with van der Waals surface area (Å²) in [7, 11) is 0. The molecule has 1 fully saturated rings. The highest BCUT2D eigenvalue weighted by atomic mass is 19.4. The number of hydrogen-bond acceptors (Lipinski definition) is 7. The first-order valence-corrected chi connectivity index (χ1v) is 12.1. The van der Waals surface area contributed by atoms with Crippen LogP contribution in [-0.4, -0.2) is 37.9 Å². The van der Waals surface area contributed by atoms with Gasteiger partial charge in [-0.25, -0.2) is 9.59 Å². The van der Waals surface area contributed by atoms with Crippen molar-refractivity contribution >= 4 is 29.4 Å². The molecule has 0 bridgehead atoms. The minimum absolute atomic E-state index is 0.0652. The van der Waals surface area contributed by atoms with Gasteiger partial charge in [0, 0.05) is 23.9 Å². The van der Waals surface area contributed by atoms with Crippen LogP contribution in [0, 0.1) is 11.8 Å². The molecule has 1 aliphatic rings. The van der Waals surface area contributed by atoms with Crippen LogP contribution in [0.15, 0.2) is 48.5 Å². The van der Waals surface area contributed by atoms with Gasteiger partial charge in [0.05, 0.1) is 31.3 Å². The van der Waals surface area contributed by atoms with E-state index in [4.69, 9.17) is 25.7 Å². The van der Waals surface area contributed by atoms with Gasteiger partial charge < -0.3 is 25.7 Å². The van der Waals surface area contributed by atoms with Crippen molar-refractivity contribution in [1.29, 1.82) is 0 Å². The van der Waals surface area contributed by atoms with E-state index in [-0.39, 0.29) is 37.5 Å². The summed E-state index contributed by atoms with van der Waals surface area (Å²) in [4.78, 5) is 23.9. The Labute approximate surface area is 213 Å². The minimum Gasteiger partial charge on any atom is -0.493 e. The zero-order valence-corrected chi connectivity index (χ0v) is 20.3. The van der Waals surface area contributed by atoms with Crippen LogP contribution in [0.25, 0.3) is 6.08 Å². The fourth-order valence-corrected chi connectivity index (χ4v) is 4.03. The number of anilines is 2. The molecule has 0 spiro atoms. The summed E-state index contributed by atoms with van der Waals surface area (Å²) < 4.78 is 54.3. The normalized spacial score (nSPS) is 17.9. The summed E-state index contributed by atoms with van der Waals surface area (Å²) in [6.07, 6.45) is 0.422. The predicted octanol–water partition coefficient (Wildman–Crippen LogP) is 5.40. The number of nitrogens with two attached hydrogens (primary N) is 2. The number of benzene rings is 2. The van der Waals surface area contributed by atoms with E-state index in [9.17, 15) is 22.8 Å². The number of carbonyl (C=O) groups is 2. The van der Waals surface area contributed by atoms with E-state index in [1.807, 2.05) is 0 Å². The van der Waals surface area contributed by atoms with Crippen LogP contribution < -0.4 is 16.2 Å². The van der Waals surface area contributed by atoms with Crippen LogP contribution in [0.4, 0.5) is 24.5 Å². The molecule has 0 saturated heterocycles.